The van der Waals surface area contributed by atoms with Gasteiger partial charge in [0.1, 0.15) is 0 Å². The van der Waals surface area contributed by atoms with Crippen molar-refractivity contribution >= 4 is 72.6 Å². The summed E-state index contributed by atoms with van der Waals surface area (Å²) in [7, 11) is -4.64. The molecule has 0 radical (unpaired) electrons. The Hall–Kier alpha value is 1.13. The topological polar surface area (TPSA) is 104 Å². The van der Waals surface area contributed by atoms with Gasteiger partial charge in [-0.25, -0.2) is 4.57 Å². The van der Waals surface area contributed by atoms with Gasteiger partial charge in [0.25, 0.3) is 0 Å². The molecule has 0 spiro atoms. The molecule has 5 nitrogen and oxygen atoms in total. The minimum absolute atomic E-state index is 0. The summed E-state index contributed by atoms with van der Waals surface area (Å²) in [5, 5.41) is 0. The summed E-state index contributed by atoms with van der Waals surface area (Å²) >= 11 is 0. The van der Waals surface area contributed by atoms with E-state index in [0.717, 1.165) is 5.69 Å². The monoisotopic (exact) mass is 239 g/mol. The van der Waals surface area contributed by atoms with Crippen molar-refractivity contribution in [1.82, 2.24) is 0 Å². The van der Waals surface area contributed by atoms with Gasteiger partial charge >= 0.3 is 66.9 Å². The van der Waals surface area contributed by atoms with Gasteiger partial charge in [-0.05, 0) is 12.1 Å². The molecule has 8 heteroatoms. The summed E-state index contributed by atoms with van der Waals surface area (Å²) in [6.45, 7) is 0. The quantitative estimate of drug-likeness (QED) is 0.265. The van der Waals surface area contributed by atoms with E-state index in [2.05, 4.69) is 0 Å². The molecule has 0 aliphatic carbocycles. The van der Waals surface area contributed by atoms with E-state index in [4.69, 9.17) is 25.0 Å². The predicted octanol–water partition coefficient (Wildman–Crippen LogP) is -0.957. The number of hydrogen-bond acceptors (Lipinski definition) is 2. The molecule has 0 aromatic heterocycles. The minimum atomic E-state index is -4.64. The molecule has 0 atom stereocenters. The molecular weight excluding hydrogens is 227 g/mol. The molecule has 5 N–H and O–H groups in total. The molecular formula is C6H12NNa2O4P. The van der Waals surface area contributed by atoms with Crippen LogP contribution in [0.1, 0.15) is 0 Å². The molecule has 14 heavy (non-hydrogen) atoms. The van der Waals surface area contributed by atoms with Crippen LogP contribution >= 0.6 is 7.82 Å². The Bertz CT molecular complexity index is 258. The first-order valence-corrected chi connectivity index (χ1v) is 4.55. The summed E-state index contributed by atoms with van der Waals surface area (Å²) in [6, 6.07) is 9.49. The molecule has 0 aliphatic rings. The molecule has 0 unspecified atom stereocenters. The van der Waals surface area contributed by atoms with Crippen molar-refractivity contribution in [3.8, 4) is 0 Å². The Balaban J connectivity index is -0.000000159. The Kier molecular flexibility index (Phi) is 15.6. The number of para-hydroxylation sites is 1. The van der Waals surface area contributed by atoms with E-state index in [0.29, 0.717) is 0 Å². The average molecular weight is 239 g/mol. The van der Waals surface area contributed by atoms with Crippen molar-refractivity contribution in [3.63, 3.8) is 0 Å². The Labute approximate surface area is 127 Å². The predicted molar refractivity (Wildman–Crippen MR) is 59.4 cm³/mol. The van der Waals surface area contributed by atoms with Gasteiger partial charge in [0.05, 0.1) is 0 Å². The van der Waals surface area contributed by atoms with Gasteiger partial charge in [0, 0.05) is 5.69 Å². The SMILES string of the molecule is Nc1ccccc1.O=P(O)(O)O.[NaH].[NaH]. The zero-order chi connectivity index (χ0) is 9.61. The number of hydrogen-bond donors (Lipinski definition) is 4. The molecule has 0 bridgehead atoms. The molecule has 1 rings (SSSR count). The second kappa shape index (κ2) is 10.6. The van der Waals surface area contributed by atoms with Crippen LogP contribution in [-0.4, -0.2) is 73.8 Å². The fourth-order valence-electron chi connectivity index (χ4n) is 0.453. The zero-order valence-electron chi connectivity index (χ0n) is 6.16. The van der Waals surface area contributed by atoms with Crippen LogP contribution in [0.25, 0.3) is 0 Å². The van der Waals surface area contributed by atoms with Crippen molar-refractivity contribution in [3.05, 3.63) is 30.3 Å². The molecule has 1 aromatic carbocycles. The van der Waals surface area contributed by atoms with E-state index >= 15 is 0 Å². The first-order chi connectivity index (χ1) is 5.39. The van der Waals surface area contributed by atoms with Crippen LogP contribution < -0.4 is 5.73 Å². The molecule has 0 saturated heterocycles. The second-order valence-corrected chi connectivity index (χ2v) is 2.95. The van der Waals surface area contributed by atoms with E-state index in [9.17, 15) is 0 Å². The van der Waals surface area contributed by atoms with Gasteiger partial charge in [0.2, 0.25) is 0 Å². The van der Waals surface area contributed by atoms with Crippen molar-refractivity contribution < 1.29 is 19.2 Å². The Morgan fingerprint density at radius 2 is 1.29 bits per heavy atom. The average Bonchev–Trinajstić information content (AvgIpc) is 1.85. The van der Waals surface area contributed by atoms with Crippen LogP contribution in [0.15, 0.2) is 30.3 Å². The third kappa shape index (κ3) is 23.2. The van der Waals surface area contributed by atoms with Crippen LogP contribution in [0.3, 0.4) is 0 Å². The normalized spacial score (nSPS) is 8.50. The maximum absolute atomic E-state index is 8.88. The molecule has 1 aromatic rings. The zero-order valence-corrected chi connectivity index (χ0v) is 7.06. The molecule has 0 heterocycles. The summed E-state index contributed by atoms with van der Waals surface area (Å²) in [5.41, 5.74) is 6.18. The number of nitrogen functional groups attached to an aromatic ring is 1. The molecule has 0 aliphatic heterocycles. The summed E-state index contributed by atoms with van der Waals surface area (Å²) < 4.78 is 8.88. The molecule has 0 saturated carbocycles. The number of phosphoric acid groups is 1. The van der Waals surface area contributed by atoms with E-state index in [1.807, 2.05) is 30.3 Å². The van der Waals surface area contributed by atoms with Crippen LogP contribution in [0.4, 0.5) is 5.69 Å². The third-order valence-electron chi connectivity index (χ3n) is 0.800. The molecule has 0 fully saturated rings. The van der Waals surface area contributed by atoms with Crippen LogP contribution in [-0.2, 0) is 4.57 Å². The Morgan fingerprint density at radius 1 is 1.00 bits per heavy atom. The molecule has 72 valence electrons. The van der Waals surface area contributed by atoms with Crippen molar-refractivity contribution in [2.75, 3.05) is 5.73 Å². The standard InChI is InChI=1S/C6H7N.2Na.H3O4P.2H/c7-6-4-2-1-3-5-6;;;1-5(2,3)4;;/h1-5H,7H2;;;(H3,1,2,3,4);;. The van der Waals surface area contributed by atoms with E-state index in [1.165, 1.54) is 0 Å². The van der Waals surface area contributed by atoms with Crippen molar-refractivity contribution in [1.29, 1.82) is 0 Å². The van der Waals surface area contributed by atoms with Gasteiger partial charge in [0.15, 0.2) is 0 Å². The molecule has 0 amide bonds. The van der Waals surface area contributed by atoms with E-state index in [1.54, 1.807) is 0 Å². The van der Waals surface area contributed by atoms with Gasteiger partial charge in [-0.1, -0.05) is 18.2 Å². The second-order valence-electron chi connectivity index (χ2n) is 1.92. The van der Waals surface area contributed by atoms with Gasteiger partial charge in [-0.2, -0.15) is 0 Å². The summed E-state index contributed by atoms with van der Waals surface area (Å²) in [5.74, 6) is 0. The van der Waals surface area contributed by atoms with Crippen LogP contribution in [0, 0.1) is 0 Å². The van der Waals surface area contributed by atoms with Crippen molar-refractivity contribution in [2.45, 2.75) is 0 Å². The van der Waals surface area contributed by atoms with Crippen molar-refractivity contribution in [2.24, 2.45) is 0 Å². The fourth-order valence-corrected chi connectivity index (χ4v) is 0.453. The van der Waals surface area contributed by atoms with Gasteiger partial charge < -0.3 is 20.4 Å². The van der Waals surface area contributed by atoms with E-state index < -0.39 is 7.82 Å². The maximum atomic E-state index is 8.88. The first-order valence-electron chi connectivity index (χ1n) is 2.98. The fraction of sp³-hybridized carbons (Fsp3) is 0. The number of nitrogens with two attached hydrogens (primary N) is 1. The van der Waals surface area contributed by atoms with Gasteiger partial charge in [-0.15, -0.1) is 0 Å². The summed E-state index contributed by atoms with van der Waals surface area (Å²) in [6.07, 6.45) is 0. The van der Waals surface area contributed by atoms with Gasteiger partial charge in [-0.3, -0.25) is 0 Å². The first kappa shape index (κ1) is 20.5. The summed E-state index contributed by atoms with van der Waals surface area (Å²) in [4.78, 5) is 21.6. The number of anilines is 1. The number of benzene rings is 1. The number of rotatable bonds is 0. The van der Waals surface area contributed by atoms with E-state index in [-0.39, 0.29) is 59.1 Å². The van der Waals surface area contributed by atoms with Crippen LogP contribution in [0.5, 0.6) is 0 Å². The Morgan fingerprint density at radius 3 is 1.43 bits per heavy atom. The van der Waals surface area contributed by atoms with Crippen LogP contribution in [0.2, 0.25) is 0 Å². The third-order valence-corrected chi connectivity index (χ3v) is 0.800.